The van der Waals surface area contributed by atoms with Crippen LogP contribution in [0.5, 0.6) is 5.75 Å². The third kappa shape index (κ3) is 8.34. The van der Waals surface area contributed by atoms with Gasteiger partial charge in [0.2, 0.25) is 5.91 Å². The van der Waals surface area contributed by atoms with E-state index in [-0.39, 0.29) is 24.2 Å². The quantitative estimate of drug-likeness (QED) is 0.408. The van der Waals surface area contributed by atoms with Gasteiger partial charge in [0, 0.05) is 5.56 Å². The summed E-state index contributed by atoms with van der Waals surface area (Å²) in [4.78, 5) is 41.4. The topological polar surface area (TPSA) is 84.9 Å². The smallest absolute Gasteiger partial charge is 0.329 e. The number of esters is 1. The molecule has 2 atom stereocenters. The molecule has 1 saturated carbocycles. The van der Waals surface area contributed by atoms with Gasteiger partial charge in [-0.15, -0.1) is 0 Å². The number of Topliss-reactive ketones (excluding diaryl/α,β-unsaturated/α-hetero) is 1. The molecule has 0 unspecified atom stereocenters. The number of hydrogen-bond acceptors (Lipinski definition) is 6. The van der Waals surface area contributed by atoms with Gasteiger partial charge in [-0.25, -0.2) is 4.79 Å². The van der Waals surface area contributed by atoms with Gasteiger partial charge in [-0.3, -0.25) is 14.5 Å². The van der Waals surface area contributed by atoms with Gasteiger partial charge in [0.15, 0.2) is 5.78 Å². The zero-order valence-electron chi connectivity index (χ0n) is 21.8. The highest BCUT2D eigenvalue weighted by molar-refractivity contribution is 5.98. The lowest BCUT2D eigenvalue weighted by molar-refractivity contribution is -0.159. The van der Waals surface area contributed by atoms with Gasteiger partial charge in [-0.05, 0) is 64.6 Å². The summed E-state index contributed by atoms with van der Waals surface area (Å²) in [5, 5.41) is 3.03. The standard InChI is InChI=1S/C28H42N2O5/c1-28(2,3)35-27(33)23(17-20-11-6-5-7-12-20)29-26(32)24-15-8-9-16-30(24)19-25(31)21-13-10-14-22(18-21)34-4/h10,13-14,18,20,23-24H,5-9,11-12,15-17,19H2,1-4H3,(H,29,32)/t23-,24-/m0/s1. The van der Waals surface area contributed by atoms with E-state index in [2.05, 4.69) is 5.32 Å². The van der Waals surface area contributed by atoms with Crippen LogP contribution in [0.1, 0.15) is 88.9 Å². The fourth-order valence-corrected chi connectivity index (χ4v) is 5.16. The van der Waals surface area contributed by atoms with Crippen molar-refractivity contribution in [2.75, 3.05) is 20.2 Å². The second-order valence-electron chi connectivity index (χ2n) is 11.0. The van der Waals surface area contributed by atoms with Crippen molar-refractivity contribution in [1.29, 1.82) is 0 Å². The van der Waals surface area contributed by atoms with Crippen molar-refractivity contribution in [2.24, 2.45) is 5.92 Å². The summed E-state index contributed by atoms with van der Waals surface area (Å²) in [7, 11) is 1.57. The van der Waals surface area contributed by atoms with E-state index in [1.807, 2.05) is 25.7 Å². The van der Waals surface area contributed by atoms with Crippen molar-refractivity contribution >= 4 is 17.7 Å². The number of carbonyl (C=O) groups is 3. The van der Waals surface area contributed by atoms with Crippen molar-refractivity contribution in [3.8, 4) is 5.75 Å². The summed E-state index contributed by atoms with van der Waals surface area (Å²) in [6.07, 6.45) is 8.87. The van der Waals surface area contributed by atoms with Gasteiger partial charge >= 0.3 is 5.97 Å². The first-order chi connectivity index (χ1) is 16.7. The van der Waals surface area contributed by atoms with Crippen LogP contribution in [0.3, 0.4) is 0 Å². The zero-order chi connectivity index (χ0) is 25.4. The number of ether oxygens (including phenoxy) is 2. The Morgan fingerprint density at radius 1 is 1.06 bits per heavy atom. The summed E-state index contributed by atoms with van der Waals surface area (Å²) in [6.45, 7) is 6.37. The Kier molecular flexibility index (Phi) is 9.72. The van der Waals surface area contributed by atoms with E-state index in [9.17, 15) is 14.4 Å². The summed E-state index contributed by atoms with van der Waals surface area (Å²) in [5.41, 5.74) is -0.0508. The van der Waals surface area contributed by atoms with Gasteiger partial charge in [-0.1, -0.05) is 50.7 Å². The minimum Gasteiger partial charge on any atom is -0.497 e. The van der Waals surface area contributed by atoms with Crippen LogP contribution in [0.2, 0.25) is 0 Å². The second kappa shape index (κ2) is 12.5. The number of nitrogens with one attached hydrogen (secondary N) is 1. The first-order valence-corrected chi connectivity index (χ1v) is 13.1. The van der Waals surface area contributed by atoms with Crippen molar-refractivity contribution in [2.45, 2.75) is 96.2 Å². The van der Waals surface area contributed by atoms with E-state index in [1.165, 1.54) is 19.3 Å². The molecule has 7 heteroatoms. The van der Waals surface area contributed by atoms with Crippen molar-refractivity contribution in [3.05, 3.63) is 29.8 Å². The number of methoxy groups -OCH3 is 1. The monoisotopic (exact) mass is 486 g/mol. The van der Waals surface area contributed by atoms with Gasteiger partial charge in [0.25, 0.3) is 0 Å². The lowest BCUT2D eigenvalue weighted by atomic mass is 9.84. The van der Waals surface area contributed by atoms with E-state index >= 15 is 0 Å². The van der Waals surface area contributed by atoms with Crippen LogP contribution in [0.4, 0.5) is 0 Å². The van der Waals surface area contributed by atoms with Crippen LogP contribution in [0, 0.1) is 5.92 Å². The molecule has 2 aliphatic rings. The summed E-state index contributed by atoms with van der Waals surface area (Å²) in [6, 6.07) is 5.99. The largest absolute Gasteiger partial charge is 0.497 e. The molecule has 3 rings (SSSR count). The molecule has 1 aromatic carbocycles. The fraction of sp³-hybridized carbons (Fsp3) is 0.679. The van der Waals surface area contributed by atoms with Crippen LogP contribution in [-0.2, 0) is 14.3 Å². The van der Waals surface area contributed by atoms with Crippen LogP contribution < -0.4 is 10.1 Å². The molecule has 1 heterocycles. The molecule has 194 valence electrons. The number of carbonyl (C=O) groups excluding carboxylic acids is 3. The molecular formula is C28H42N2O5. The summed E-state index contributed by atoms with van der Waals surface area (Å²) >= 11 is 0. The summed E-state index contributed by atoms with van der Waals surface area (Å²) in [5.74, 6) is 0.445. The number of benzene rings is 1. The molecule has 1 aliphatic carbocycles. The lowest BCUT2D eigenvalue weighted by Gasteiger charge is -2.35. The predicted octanol–water partition coefficient (Wildman–Crippen LogP) is 4.53. The second-order valence-corrected chi connectivity index (χ2v) is 11.0. The number of likely N-dealkylation sites (tertiary alicyclic amines) is 1. The number of nitrogens with zero attached hydrogens (tertiary/aromatic N) is 1. The molecule has 0 radical (unpaired) electrons. The molecule has 1 amide bonds. The molecule has 0 spiro atoms. The zero-order valence-corrected chi connectivity index (χ0v) is 21.8. The maximum atomic E-state index is 13.5. The molecular weight excluding hydrogens is 444 g/mol. The van der Waals surface area contributed by atoms with Gasteiger partial charge in [-0.2, -0.15) is 0 Å². The number of amides is 1. The lowest BCUT2D eigenvalue weighted by Crippen LogP contribution is -2.55. The van der Waals surface area contributed by atoms with Gasteiger partial charge in [0.05, 0.1) is 19.7 Å². The third-order valence-corrected chi connectivity index (χ3v) is 6.96. The normalized spacial score (nSPS) is 20.6. The van der Waals surface area contributed by atoms with Crippen molar-refractivity contribution < 1.29 is 23.9 Å². The highest BCUT2D eigenvalue weighted by Crippen LogP contribution is 2.28. The SMILES string of the molecule is COc1cccc(C(=O)CN2CCCC[C@H]2C(=O)N[C@@H](CC2CCCCC2)C(=O)OC(C)(C)C)c1. The molecule has 0 aromatic heterocycles. The molecule has 2 fully saturated rings. The third-order valence-electron chi connectivity index (χ3n) is 6.96. The fourth-order valence-electron chi connectivity index (χ4n) is 5.16. The molecule has 7 nitrogen and oxygen atoms in total. The average molecular weight is 487 g/mol. The van der Waals surface area contributed by atoms with Crippen LogP contribution in [-0.4, -0.2) is 60.4 Å². The van der Waals surface area contributed by atoms with Crippen LogP contribution in [0.15, 0.2) is 24.3 Å². The predicted molar refractivity (Wildman–Crippen MR) is 136 cm³/mol. The Morgan fingerprint density at radius 2 is 1.77 bits per heavy atom. The van der Waals surface area contributed by atoms with Crippen molar-refractivity contribution in [1.82, 2.24) is 10.2 Å². The van der Waals surface area contributed by atoms with E-state index in [0.29, 0.717) is 36.6 Å². The molecule has 35 heavy (non-hydrogen) atoms. The number of ketones is 1. The van der Waals surface area contributed by atoms with Crippen LogP contribution >= 0.6 is 0 Å². The van der Waals surface area contributed by atoms with E-state index < -0.39 is 17.7 Å². The van der Waals surface area contributed by atoms with E-state index in [1.54, 1.807) is 31.4 Å². The number of hydrogen-bond donors (Lipinski definition) is 1. The maximum Gasteiger partial charge on any atom is 0.329 e. The Bertz CT molecular complexity index is 872. The van der Waals surface area contributed by atoms with Gasteiger partial charge in [0.1, 0.15) is 17.4 Å². The molecule has 1 aliphatic heterocycles. The molecule has 0 bridgehead atoms. The number of rotatable bonds is 9. The van der Waals surface area contributed by atoms with E-state index in [0.717, 1.165) is 25.7 Å². The first kappa shape index (κ1) is 27.2. The Morgan fingerprint density at radius 3 is 2.46 bits per heavy atom. The minimum absolute atomic E-state index is 0.0468. The summed E-state index contributed by atoms with van der Waals surface area (Å²) < 4.78 is 10.9. The van der Waals surface area contributed by atoms with Crippen molar-refractivity contribution in [3.63, 3.8) is 0 Å². The first-order valence-electron chi connectivity index (χ1n) is 13.1. The Balaban J connectivity index is 1.69. The highest BCUT2D eigenvalue weighted by Gasteiger charge is 2.35. The minimum atomic E-state index is -0.664. The molecule has 1 N–H and O–H groups in total. The molecule has 1 aromatic rings. The number of piperidine rings is 1. The van der Waals surface area contributed by atoms with Gasteiger partial charge < -0.3 is 14.8 Å². The van der Waals surface area contributed by atoms with E-state index in [4.69, 9.17) is 9.47 Å². The van der Waals surface area contributed by atoms with Crippen LogP contribution in [0.25, 0.3) is 0 Å². The maximum absolute atomic E-state index is 13.5. The Labute approximate surface area is 209 Å². The Hall–Kier alpha value is -2.41. The highest BCUT2D eigenvalue weighted by atomic mass is 16.6. The average Bonchev–Trinajstić information content (AvgIpc) is 2.83. The molecule has 1 saturated heterocycles.